The molecule has 56 heavy (non-hydrogen) atoms. The summed E-state index contributed by atoms with van der Waals surface area (Å²) in [5.41, 5.74) is 15.5. The van der Waals surface area contributed by atoms with Gasteiger partial charge >= 0.3 is 0 Å². The van der Waals surface area contributed by atoms with Crippen molar-refractivity contribution in [2.75, 3.05) is 0 Å². The molecule has 0 saturated heterocycles. The number of nitrogens with zero attached hydrogens (tertiary/aromatic N) is 2. The summed E-state index contributed by atoms with van der Waals surface area (Å²) in [4.78, 5) is 0. The van der Waals surface area contributed by atoms with Crippen LogP contribution in [0, 0.1) is 0 Å². The summed E-state index contributed by atoms with van der Waals surface area (Å²) in [5, 5.41) is 11.5. The van der Waals surface area contributed by atoms with E-state index in [2.05, 4.69) is 205 Å². The molecule has 4 heterocycles. The molecule has 0 saturated carbocycles. The first kappa shape index (κ1) is 32.1. The molecule has 0 fully saturated rings. The van der Waals surface area contributed by atoms with E-state index in [0.29, 0.717) is 0 Å². The Kier molecular flexibility index (Phi) is 6.41. The van der Waals surface area contributed by atoms with Crippen molar-refractivity contribution >= 4 is 80.5 Å². The molecule has 2 aliphatic heterocycles. The van der Waals surface area contributed by atoms with E-state index in [4.69, 9.17) is 0 Å². The van der Waals surface area contributed by atoms with Crippen LogP contribution in [0.15, 0.2) is 170 Å². The summed E-state index contributed by atoms with van der Waals surface area (Å²) >= 11 is 0. The van der Waals surface area contributed by atoms with Gasteiger partial charge in [0.25, 0.3) is 0 Å². The van der Waals surface area contributed by atoms with E-state index in [1.807, 2.05) is 0 Å². The standard InChI is InChI=1S/C52H40N2Si2/c1-55(2)49-19-11-7-15-39(49)43-29-47-41(31-51(43)55)37-13-5-9-17-45(37)53(47)35-25-21-33(22-26-35)34-23-27-36(28-24-34)54-46-18-10-6-14-38(46)42-32-52-44(30-48(42)54)40-16-8-12-20-50(40)56(52,3)4/h5-32H,1-4H3. The molecule has 10 aromatic rings. The molecule has 0 aliphatic carbocycles. The van der Waals surface area contributed by atoms with Gasteiger partial charge in [-0.25, -0.2) is 0 Å². The number of hydrogen-bond donors (Lipinski definition) is 0. The highest BCUT2D eigenvalue weighted by molar-refractivity contribution is 7.04. The zero-order chi connectivity index (χ0) is 37.5. The van der Waals surface area contributed by atoms with Crippen molar-refractivity contribution in [1.29, 1.82) is 0 Å². The molecule has 2 aromatic heterocycles. The Morgan fingerprint density at radius 2 is 0.679 bits per heavy atom. The predicted molar refractivity (Wildman–Crippen MR) is 245 cm³/mol. The van der Waals surface area contributed by atoms with Crippen LogP contribution in [0.4, 0.5) is 0 Å². The second kappa shape index (κ2) is 11.2. The number of benzene rings is 8. The van der Waals surface area contributed by atoms with E-state index in [9.17, 15) is 0 Å². The molecule has 4 heteroatoms. The van der Waals surface area contributed by atoms with E-state index in [1.165, 1.54) is 88.4 Å². The first-order valence-corrected chi connectivity index (χ1v) is 25.9. The van der Waals surface area contributed by atoms with Gasteiger partial charge in [0, 0.05) is 32.9 Å². The number of para-hydroxylation sites is 2. The third-order valence-electron chi connectivity index (χ3n) is 13.3. The lowest BCUT2D eigenvalue weighted by Crippen LogP contribution is -2.49. The van der Waals surface area contributed by atoms with Gasteiger partial charge in [-0.2, -0.15) is 0 Å². The molecule has 2 aliphatic rings. The number of rotatable bonds is 3. The maximum absolute atomic E-state index is 2.53. The van der Waals surface area contributed by atoms with Gasteiger partial charge in [-0.15, -0.1) is 0 Å². The summed E-state index contributed by atoms with van der Waals surface area (Å²) in [5.74, 6) is 0. The minimum atomic E-state index is -1.78. The van der Waals surface area contributed by atoms with E-state index in [0.717, 1.165) is 0 Å². The SMILES string of the molecule is C[Si]1(C)c2ccccc2-c2cc3c(cc21)c1ccccc1n3-c1ccc(-c2ccc(-n3c4ccccc4c4cc5c(cc43)-c3ccccc3[Si]5(C)C)cc2)cc1. The van der Waals surface area contributed by atoms with Gasteiger partial charge in [0.1, 0.15) is 16.1 Å². The largest absolute Gasteiger partial charge is 0.309 e. The van der Waals surface area contributed by atoms with Gasteiger partial charge in [-0.05, 0) is 103 Å². The summed E-state index contributed by atoms with van der Waals surface area (Å²) in [6.45, 7) is 10.0. The summed E-state index contributed by atoms with van der Waals surface area (Å²) in [6.07, 6.45) is 0. The molecule has 0 atom stereocenters. The van der Waals surface area contributed by atoms with Crippen molar-refractivity contribution in [2.45, 2.75) is 26.2 Å². The third kappa shape index (κ3) is 4.20. The lowest BCUT2D eigenvalue weighted by Gasteiger charge is -2.18. The Hall–Kier alpha value is -6.21. The highest BCUT2D eigenvalue weighted by atomic mass is 28.3. The molecule has 0 spiro atoms. The Balaban J connectivity index is 0.952. The Labute approximate surface area is 328 Å². The van der Waals surface area contributed by atoms with Crippen LogP contribution in [-0.2, 0) is 0 Å². The molecule has 0 unspecified atom stereocenters. The molecule has 0 bridgehead atoms. The number of fused-ring (bicyclic) bond motifs is 12. The second-order valence-corrected chi connectivity index (χ2v) is 25.6. The third-order valence-corrected chi connectivity index (χ3v) is 20.4. The maximum atomic E-state index is 2.53. The van der Waals surface area contributed by atoms with Crippen molar-refractivity contribution < 1.29 is 0 Å². The summed E-state index contributed by atoms with van der Waals surface area (Å²) in [7, 11) is -3.56. The fourth-order valence-electron chi connectivity index (χ4n) is 10.5. The minimum absolute atomic E-state index is 1.19. The topological polar surface area (TPSA) is 9.86 Å². The van der Waals surface area contributed by atoms with Gasteiger partial charge in [-0.3, -0.25) is 0 Å². The minimum Gasteiger partial charge on any atom is -0.309 e. The van der Waals surface area contributed by atoms with Gasteiger partial charge in [0.2, 0.25) is 0 Å². The fourth-order valence-corrected chi connectivity index (χ4v) is 16.6. The van der Waals surface area contributed by atoms with Crippen LogP contribution in [-0.4, -0.2) is 25.3 Å². The van der Waals surface area contributed by atoms with Crippen molar-refractivity contribution in [2.24, 2.45) is 0 Å². The van der Waals surface area contributed by atoms with Crippen molar-refractivity contribution in [3.8, 4) is 44.8 Å². The number of aromatic nitrogens is 2. The zero-order valence-corrected chi connectivity index (χ0v) is 34.1. The number of hydrogen-bond acceptors (Lipinski definition) is 0. The Morgan fingerprint density at radius 3 is 1.11 bits per heavy atom. The Bertz CT molecular complexity index is 3060. The molecule has 0 amide bonds. The summed E-state index contributed by atoms with van der Waals surface area (Å²) in [6, 6.07) is 64.3. The van der Waals surface area contributed by atoms with E-state index in [-0.39, 0.29) is 0 Å². The van der Waals surface area contributed by atoms with E-state index >= 15 is 0 Å². The molecule has 2 nitrogen and oxygen atoms in total. The molecule has 12 rings (SSSR count). The monoisotopic (exact) mass is 748 g/mol. The van der Waals surface area contributed by atoms with E-state index in [1.54, 1.807) is 20.7 Å². The normalized spacial score (nSPS) is 14.7. The van der Waals surface area contributed by atoms with Gasteiger partial charge in [0.05, 0.1) is 22.1 Å². The highest BCUT2D eigenvalue weighted by Crippen LogP contribution is 2.40. The van der Waals surface area contributed by atoms with Crippen molar-refractivity contribution in [1.82, 2.24) is 9.13 Å². The van der Waals surface area contributed by atoms with Crippen LogP contribution in [0.25, 0.3) is 88.4 Å². The molecular formula is C52H40N2Si2. The molecule has 266 valence electrons. The van der Waals surface area contributed by atoms with Gasteiger partial charge in [0.15, 0.2) is 0 Å². The summed E-state index contributed by atoms with van der Waals surface area (Å²) < 4.78 is 4.93. The first-order valence-electron chi connectivity index (χ1n) is 19.9. The fraction of sp³-hybridized carbons (Fsp3) is 0.0769. The van der Waals surface area contributed by atoms with Gasteiger partial charge in [-0.1, -0.05) is 148 Å². The van der Waals surface area contributed by atoms with Crippen LogP contribution in [0.1, 0.15) is 0 Å². The van der Waals surface area contributed by atoms with Crippen LogP contribution >= 0.6 is 0 Å². The van der Waals surface area contributed by atoms with Crippen molar-refractivity contribution in [3.05, 3.63) is 170 Å². The lowest BCUT2D eigenvalue weighted by molar-refractivity contribution is 1.18. The Morgan fingerprint density at radius 1 is 0.304 bits per heavy atom. The maximum Gasteiger partial charge on any atom is 0.113 e. The smallest absolute Gasteiger partial charge is 0.113 e. The molecule has 0 N–H and O–H groups in total. The quantitative estimate of drug-likeness (QED) is 0.159. The lowest BCUT2D eigenvalue weighted by atomic mass is 10.0. The van der Waals surface area contributed by atoms with Crippen LogP contribution in [0.2, 0.25) is 26.2 Å². The van der Waals surface area contributed by atoms with Crippen LogP contribution < -0.4 is 20.7 Å². The molecule has 0 radical (unpaired) electrons. The average molecular weight is 749 g/mol. The predicted octanol–water partition coefficient (Wildman–Crippen LogP) is 11.2. The van der Waals surface area contributed by atoms with Crippen LogP contribution in [0.5, 0.6) is 0 Å². The van der Waals surface area contributed by atoms with Crippen LogP contribution in [0.3, 0.4) is 0 Å². The average Bonchev–Trinajstić information content (AvgIpc) is 3.88. The molecule has 8 aromatic carbocycles. The van der Waals surface area contributed by atoms with Crippen molar-refractivity contribution in [3.63, 3.8) is 0 Å². The highest BCUT2D eigenvalue weighted by Gasteiger charge is 2.39. The van der Waals surface area contributed by atoms with E-state index < -0.39 is 16.1 Å². The zero-order valence-electron chi connectivity index (χ0n) is 32.1. The van der Waals surface area contributed by atoms with Gasteiger partial charge < -0.3 is 9.13 Å². The first-order chi connectivity index (χ1) is 27.3. The second-order valence-electron chi connectivity index (χ2n) is 17.0. The molecular weight excluding hydrogens is 709 g/mol.